The lowest BCUT2D eigenvalue weighted by Crippen LogP contribution is -2.47. The highest BCUT2D eigenvalue weighted by Gasteiger charge is 2.48. The standard InChI is InChI=1S/C24H25NO5S/c1-13(2)30-24(29)20-17(14-6-4-3-5-7-14)12-31-22(20)25-21(26)18-15-8-10-16(11-9-15)19(18)23(27)28/h3-8,10,12-13,15-16,18-19H,9,11H2,1-2H3,(H,25,26)(H,27,28)/t15-,16+,18+,19+/m1/s1. The molecular formula is C24H25NO5S. The quantitative estimate of drug-likeness (QED) is 0.497. The Bertz CT molecular complexity index is 1030. The molecule has 1 fully saturated rings. The first-order valence-corrected chi connectivity index (χ1v) is 11.3. The third-order valence-electron chi connectivity index (χ3n) is 6.00. The Morgan fingerprint density at radius 2 is 1.71 bits per heavy atom. The highest BCUT2D eigenvalue weighted by molar-refractivity contribution is 7.15. The number of aliphatic carboxylic acids is 1. The monoisotopic (exact) mass is 439 g/mol. The summed E-state index contributed by atoms with van der Waals surface area (Å²) < 4.78 is 5.44. The van der Waals surface area contributed by atoms with Crippen molar-refractivity contribution in [2.45, 2.75) is 32.8 Å². The number of carbonyl (C=O) groups excluding carboxylic acids is 2. The maximum absolute atomic E-state index is 13.3. The van der Waals surface area contributed by atoms with Crippen molar-refractivity contribution in [2.24, 2.45) is 23.7 Å². The van der Waals surface area contributed by atoms with E-state index in [1.54, 1.807) is 13.8 Å². The molecule has 3 aliphatic rings. The third kappa shape index (κ3) is 4.14. The smallest absolute Gasteiger partial charge is 0.342 e. The van der Waals surface area contributed by atoms with Crippen molar-refractivity contribution >= 4 is 34.2 Å². The molecule has 162 valence electrons. The molecule has 2 aromatic rings. The zero-order valence-electron chi connectivity index (χ0n) is 17.4. The van der Waals surface area contributed by atoms with Gasteiger partial charge >= 0.3 is 11.9 Å². The number of amides is 1. The van der Waals surface area contributed by atoms with Gasteiger partial charge in [0.2, 0.25) is 5.91 Å². The number of rotatable bonds is 6. The number of anilines is 1. The molecule has 1 amide bonds. The Morgan fingerprint density at radius 3 is 2.29 bits per heavy atom. The molecule has 0 aliphatic heterocycles. The molecule has 0 radical (unpaired) electrons. The van der Waals surface area contributed by atoms with Crippen molar-refractivity contribution in [3.05, 3.63) is 53.4 Å². The molecule has 31 heavy (non-hydrogen) atoms. The molecule has 2 bridgehead atoms. The van der Waals surface area contributed by atoms with Gasteiger partial charge in [0.05, 0.1) is 17.9 Å². The summed E-state index contributed by atoms with van der Waals surface area (Å²) in [5.74, 6) is -3.45. The molecule has 0 unspecified atom stereocenters. The number of allylic oxidation sites excluding steroid dienone is 2. The molecule has 3 aliphatic carbocycles. The number of carboxylic acid groups (broad SMARTS) is 1. The van der Waals surface area contributed by atoms with Gasteiger partial charge in [-0.25, -0.2) is 4.79 Å². The van der Waals surface area contributed by atoms with Gasteiger partial charge in [-0.3, -0.25) is 9.59 Å². The molecule has 1 aromatic heterocycles. The SMILES string of the molecule is CC(C)OC(=O)c1c(-c2ccccc2)csc1NC(=O)[C@@H]1[C@@H](C(=O)O)[C@H]2C=C[C@@H]1CC2. The summed E-state index contributed by atoms with van der Waals surface area (Å²) in [7, 11) is 0. The Morgan fingerprint density at radius 1 is 1.06 bits per heavy atom. The Kier molecular flexibility index (Phi) is 5.96. The second kappa shape index (κ2) is 8.67. The van der Waals surface area contributed by atoms with Crippen LogP contribution in [0.15, 0.2) is 47.9 Å². The molecule has 1 aromatic carbocycles. The molecule has 4 atom stereocenters. The molecular weight excluding hydrogens is 414 g/mol. The molecule has 6 nitrogen and oxygen atoms in total. The first kappa shape index (κ1) is 21.3. The normalized spacial score (nSPS) is 24.2. The number of benzene rings is 1. The van der Waals surface area contributed by atoms with Gasteiger partial charge in [0.25, 0.3) is 0 Å². The van der Waals surface area contributed by atoms with Gasteiger partial charge < -0.3 is 15.2 Å². The number of ether oxygens (including phenoxy) is 1. The van der Waals surface area contributed by atoms with Crippen LogP contribution in [-0.4, -0.2) is 29.1 Å². The van der Waals surface area contributed by atoms with Gasteiger partial charge in [0.1, 0.15) is 10.6 Å². The van der Waals surface area contributed by atoms with E-state index in [1.165, 1.54) is 11.3 Å². The largest absolute Gasteiger partial charge is 0.481 e. The zero-order chi connectivity index (χ0) is 22.1. The van der Waals surface area contributed by atoms with Crippen LogP contribution in [0.3, 0.4) is 0 Å². The number of nitrogens with one attached hydrogen (secondary N) is 1. The van der Waals surface area contributed by atoms with Gasteiger partial charge in [0.15, 0.2) is 0 Å². The second-order valence-corrected chi connectivity index (χ2v) is 9.22. The summed E-state index contributed by atoms with van der Waals surface area (Å²) in [6, 6.07) is 9.44. The first-order valence-electron chi connectivity index (χ1n) is 10.5. The van der Waals surface area contributed by atoms with E-state index >= 15 is 0 Å². The fraction of sp³-hybridized carbons (Fsp3) is 0.375. The van der Waals surface area contributed by atoms with E-state index in [2.05, 4.69) is 5.32 Å². The van der Waals surface area contributed by atoms with Crippen molar-refractivity contribution < 1.29 is 24.2 Å². The van der Waals surface area contributed by atoms with E-state index in [4.69, 9.17) is 4.74 Å². The van der Waals surface area contributed by atoms with E-state index in [0.29, 0.717) is 16.1 Å². The maximum atomic E-state index is 13.3. The van der Waals surface area contributed by atoms with Crippen LogP contribution in [0.5, 0.6) is 0 Å². The van der Waals surface area contributed by atoms with Crippen molar-refractivity contribution in [1.29, 1.82) is 0 Å². The van der Waals surface area contributed by atoms with Crippen LogP contribution in [-0.2, 0) is 14.3 Å². The van der Waals surface area contributed by atoms with Crippen LogP contribution in [0.4, 0.5) is 5.00 Å². The summed E-state index contributed by atoms with van der Waals surface area (Å²) in [6.07, 6.45) is 5.17. The van der Waals surface area contributed by atoms with E-state index < -0.39 is 23.8 Å². The topological polar surface area (TPSA) is 92.7 Å². The number of esters is 1. The summed E-state index contributed by atoms with van der Waals surface area (Å²) >= 11 is 1.25. The van der Waals surface area contributed by atoms with Gasteiger partial charge in [-0.05, 0) is 44.1 Å². The predicted molar refractivity (Wildman–Crippen MR) is 119 cm³/mol. The minimum atomic E-state index is -0.949. The van der Waals surface area contributed by atoms with Crippen LogP contribution in [0.25, 0.3) is 11.1 Å². The zero-order valence-corrected chi connectivity index (χ0v) is 18.2. The number of carboxylic acids is 1. The lowest BCUT2D eigenvalue weighted by Gasteiger charge is -2.41. The lowest BCUT2D eigenvalue weighted by atomic mass is 9.62. The second-order valence-electron chi connectivity index (χ2n) is 8.34. The van der Waals surface area contributed by atoms with Crippen LogP contribution in [0.1, 0.15) is 37.0 Å². The molecule has 5 rings (SSSR count). The molecule has 0 spiro atoms. The summed E-state index contributed by atoms with van der Waals surface area (Å²) in [5, 5.41) is 14.8. The molecule has 7 heteroatoms. The van der Waals surface area contributed by atoms with Crippen LogP contribution in [0, 0.1) is 23.7 Å². The van der Waals surface area contributed by atoms with Crippen LogP contribution < -0.4 is 5.32 Å². The summed E-state index contributed by atoms with van der Waals surface area (Å²) in [5.41, 5.74) is 1.84. The number of carbonyl (C=O) groups is 3. The van der Waals surface area contributed by atoms with E-state index in [-0.39, 0.29) is 23.8 Å². The molecule has 1 saturated carbocycles. The first-order chi connectivity index (χ1) is 14.9. The average Bonchev–Trinajstić information content (AvgIpc) is 3.17. The summed E-state index contributed by atoms with van der Waals surface area (Å²) in [6.45, 7) is 3.54. The highest BCUT2D eigenvalue weighted by Crippen LogP contribution is 2.46. The Labute approximate surface area is 184 Å². The average molecular weight is 440 g/mol. The number of hydrogen-bond donors (Lipinski definition) is 2. The van der Waals surface area contributed by atoms with Crippen LogP contribution >= 0.6 is 11.3 Å². The van der Waals surface area contributed by atoms with Gasteiger partial charge in [-0.1, -0.05) is 42.5 Å². The van der Waals surface area contributed by atoms with E-state index in [1.807, 2.05) is 47.9 Å². The Balaban J connectivity index is 1.67. The molecule has 2 N–H and O–H groups in total. The van der Waals surface area contributed by atoms with E-state index in [0.717, 1.165) is 18.4 Å². The van der Waals surface area contributed by atoms with Crippen molar-refractivity contribution in [2.75, 3.05) is 5.32 Å². The highest BCUT2D eigenvalue weighted by atomic mass is 32.1. The summed E-state index contributed by atoms with van der Waals surface area (Å²) in [4.78, 5) is 38.1. The minimum absolute atomic E-state index is 0.106. The van der Waals surface area contributed by atoms with E-state index in [9.17, 15) is 19.5 Å². The minimum Gasteiger partial charge on any atom is -0.481 e. The molecule has 0 saturated heterocycles. The lowest BCUT2D eigenvalue weighted by molar-refractivity contribution is -0.151. The van der Waals surface area contributed by atoms with Gasteiger partial charge in [0, 0.05) is 10.9 Å². The Hall–Kier alpha value is -2.93. The third-order valence-corrected chi connectivity index (χ3v) is 6.89. The fourth-order valence-electron chi connectivity index (χ4n) is 4.64. The van der Waals surface area contributed by atoms with Gasteiger partial charge in [-0.15, -0.1) is 11.3 Å². The number of thiophene rings is 1. The van der Waals surface area contributed by atoms with Crippen molar-refractivity contribution in [3.63, 3.8) is 0 Å². The van der Waals surface area contributed by atoms with Gasteiger partial charge in [-0.2, -0.15) is 0 Å². The number of hydrogen-bond acceptors (Lipinski definition) is 5. The predicted octanol–water partition coefficient (Wildman–Crippen LogP) is 4.83. The van der Waals surface area contributed by atoms with Crippen molar-refractivity contribution in [1.82, 2.24) is 0 Å². The van der Waals surface area contributed by atoms with Crippen molar-refractivity contribution in [3.8, 4) is 11.1 Å². The number of fused-ring (bicyclic) bond motifs is 2. The fourth-order valence-corrected chi connectivity index (χ4v) is 5.60. The molecule has 1 heterocycles. The van der Waals surface area contributed by atoms with Crippen LogP contribution in [0.2, 0.25) is 0 Å². The maximum Gasteiger partial charge on any atom is 0.342 e.